The van der Waals surface area contributed by atoms with Gasteiger partial charge in [-0.25, -0.2) is 4.39 Å². The van der Waals surface area contributed by atoms with Crippen molar-refractivity contribution in [2.75, 3.05) is 5.32 Å². The molecule has 0 heterocycles. The first-order valence-electron chi connectivity index (χ1n) is 5.57. The summed E-state index contributed by atoms with van der Waals surface area (Å²) < 4.78 is 13.1. The molecule has 0 radical (unpaired) electrons. The molecule has 0 saturated carbocycles. The van der Waals surface area contributed by atoms with Crippen LogP contribution in [0.4, 0.5) is 10.1 Å². The highest BCUT2D eigenvalue weighted by Gasteiger charge is 2.11. The average Bonchev–Trinajstić information content (AvgIpc) is 2.18. The van der Waals surface area contributed by atoms with E-state index >= 15 is 0 Å². The van der Waals surface area contributed by atoms with Crippen molar-refractivity contribution in [1.29, 1.82) is 0 Å². The van der Waals surface area contributed by atoms with Crippen LogP contribution in [-0.4, -0.2) is 6.04 Å². The third-order valence-electron chi connectivity index (χ3n) is 2.79. The summed E-state index contributed by atoms with van der Waals surface area (Å²) in [6, 6.07) is 5.28. The van der Waals surface area contributed by atoms with Crippen LogP contribution >= 0.6 is 0 Å². The summed E-state index contributed by atoms with van der Waals surface area (Å²) in [7, 11) is 0. The molecule has 0 bridgehead atoms. The summed E-state index contributed by atoms with van der Waals surface area (Å²) in [5.41, 5.74) is 2.01. The molecule has 0 aliphatic heterocycles. The van der Waals surface area contributed by atoms with Gasteiger partial charge in [0.2, 0.25) is 0 Å². The van der Waals surface area contributed by atoms with E-state index in [1.165, 1.54) is 6.07 Å². The smallest absolute Gasteiger partial charge is 0.125 e. The fourth-order valence-electron chi connectivity index (χ4n) is 1.69. The molecule has 0 fully saturated rings. The first kappa shape index (κ1) is 12.0. The van der Waals surface area contributed by atoms with E-state index in [1.54, 1.807) is 6.07 Å². The molecule has 15 heavy (non-hydrogen) atoms. The Morgan fingerprint density at radius 1 is 1.33 bits per heavy atom. The Hall–Kier alpha value is -1.05. The lowest BCUT2D eigenvalue weighted by Crippen LogP contribution is -2.25. The summed E-state index contributed by atoms with van der Waals surface area (Å²) in [5.74, 6) is 0.374. The second-order valence-electron chi connectivity index (χ2n) is 4.36. The Morgan fingerprint density at radius 3 is 2.53 bits per heavy atom. The Labute approximate surface area is 91.7 Å². The van der Waals surface area contributed by atoms with E-state index in [0.29, 0.717) is 12.0 Å². The SMILES string of the molecule is CCC(Nc1cc(F)ccc1C)C(C)C. The van der Waals surface area contributed by atoms with Crippen LogP contribution in [0.5, 0.6) is 0 Å². The van der Waals surface area contributed by atoms with E-state index in [0.717, 1.165) is 17.7 Å². The number of aryl methyl sites for hydroxylation is 1. The molecule has 0 aromatic heterocycles. The Bertz CT molecular complexity index is 320. The van der Waals surface area contributed by atoms with E-state index in [2.05, 4.69) is 26.1 Å². The number of hydrogen-bond donors (Lipinski definition) is 1. The highest BCUT2D eigenvalue weighted by Crippen LogP contribution is 2.20. The van der Waals surface area contributed by atoms with Crippen molar-refractivity contribution < 1.29 is 4.39 Å². The van der Waals surface area contributed by atoms with Gasteiger partial charge in [0.15, 0.2) is 0 Å². The van der Waals surface area contributed by atoms with Crippen LogP contribution in [0.3, 0.4) is 0 Å². The molecule has 0 spiro atoms. The van der Waals surface area contributed by atoms with Gasteiger partial charge < -0.3 is 5.32 Å². The van der Waals surface area contributed by atoms with Gasteiger partial charge in [-0.1, -0.05) is 26.8 Å². The predicted molar refractivity (Wildman–Crippen MR) is 63.7 cm³/mol. The molecule has 0 amide bonds. The summed E-state index contributed by atoms with van der Waals surface area (Å²) >= 11 is 0. The molecule has 1 aromatic carbocycles. The Balaban J connectivity index is 2.82. The lowest BCUT2D eigenvalue weighted by atomic mass is 10.0. The van der Waals surface area contributed by atoms with Gasteiger partial charge >= 0.3 is 0 Å². The van der Waals surface area contributed by atoms with E-state index in [9.17, 15) is 4.39 Å². The minimum atomic E-state index is -0.179. The van der Waals surface area contributed by atoms with Crippen molar-refractivity contribution in [3.05, 3.63) is 29.6 Å². The number of halogens is 1. The largest absolute Gasteiger partial charge is 0.382 e. The van der Waals surface area contributed by atoms with Crippen LogP contribution in [0.1, 0.15) is 32.8 Å². The molecule has 0 saturated heterocycles. The second-order valence-corrected chi connectivity index (χ2v) is 4.36. The number of anilines is 1. The lowest BCUT2D eigenvalue weighted by Gasteiger charge is -2.23. The molecule has 1 N–H and O–H groups in total. The number of nitrogens with one attached hydrogen (secondary N) is 1. The van der Waals surface area contributed by atoms with E-state index < -0.39 is 0 Å². The quantitative estimate of drug-likeness (QED) is 0.791. The molecule has 0 aliphatic carbocycles. The maximum atomic E-state index is 13.1. The minimum Gasteiger partial charge on any atom is -0.382 e. The van der Waals surface area contributed by atoms with Crippen LogP contribution in [0.25, 0.3) is 0 Å². The number of hydrogen-bond acceptors (Lipinski definition) is 1. The molecule has 1 unspecified atom stereocenters. The summed E-state index contributed by atoms with van der Waals surface area (Å²) in [6.07, 6.45) is 1.05. The Morgan fingerprint density at radius 2 is 2.00 bits per heavy atom. The van der Waals surface area contributed by atoms with Crippen molar-refractivity contribution >= 4 is 5.69 Å². The molecular formula is C13H20FN. The van der Waals surface area contributed by atoms with Crippen molar-refractivity contribution in [1.82, 2.24) is 0 Å². The maximum absolute atomic E-state index is 13.1. The topological polar surface area (TPSA) is 12.0 Å². The van der Waals surface area contributed by atoms with Crippen molar-refractivity contribution in [3.8, 4) is 0 Å². The van der Waals surface area contributed by atoms with E-state index in [-0.39, 0.29) is 5.82 Å². The maximum Gasteiger partial charge on any atom is 0.125 e. The van der Waals surface area contributed by atoms with Gasteiger partial charge in [0, 0.05) is 11.7 Å². The lowest BCUT2D eigenvalue weighted by molar-refractivity contribution is 0.510. The zero-order chi connectivity index (χ0) is 11.4. The third kappa shape index (κ3) is 3.22. The molecule has 0 aliphatic rings. The van der Waals surface area contributed by atoms with Crippen LogP contribution in [0, 0.1) is 18.7 Å². The van der Waals surface area contributed by atoms with Gasteiger partial charge in [-0.15, -0.1) is 0 Å². The van der Waals surface area contributed by atoms with Gasteiger partial charge in [-0.05, 0) is 37.0 Å². The van der Waals surface area contributed by atoms with Crippen LogP contribution in [0.15, 0.2) is 18.2 Å². The third-order valence-corrected chi connectivity index (χ3v) is 2.79. The van der Waals surface area contributed by atoms with Crippen LogP contribution in [0.2, 0.25) is 0 Å². The first-order valence-corrected chi connectivity index (χ1v) is 5.57. The van der Waals surface area contributed by atoms with Crippen LogP contribution < -0.4 is 5.32 Å². The summed E-state index contributed by atoms with van der Waals surface area (Å²) in [5, 5.41) is 3.40. The van der Waals surface area contributed by atoms with Gasteiger partial charge in [0.25, 0.3) is 0 Å². The summed E-state index contributed by atoms with van der Waals surface area (Å²) in [6.45, 7) is 8.49. The zero-order valence-electron chi connectivity index (χ0n) is 9.97. The monoisotopic (exact) mass is 209 g/mol. The van der Waals surface area contributed by atoms with E-state index in [1.807, 2.05) is 13.0 Å². The zero-order valence-corrected chi connectivity index (χ0v) is 9.97. The van der Waals surface area contributed by atoms with E-state index in [4.69, 9.17) is 0 Å². The first-order chi connectivity index (χ1) is 7.04. The van der Waals surface area contributed by atoms with Crippen LogP contribution in [-0.2, 0) is 0 Å². The molecular weight excluding hydrogens is 189 g/mol. The molecule has 2 heteroatoms. The standard InChI is InChI=1S/C13H20FN/c1-5-12(9(2)3)15-13-8-11(14)7-6-10(13)4/h6-9,12,15H,5H2,1-4H3. The number of rotatable bonds is 4. The normalized spacial score (nSPS) is 12.9. The van der Waals surface area contributed by atoms with Gasteiger partial charge in [-0.3, -0.25) is 0 Å². The van der Waals surface area contributed by atoms with Gasteiger partial charge in [-0.2, -0.15) is 0 Å². The average molecular weight is 209 g/mol. The van der Waals surface area contributed by atoms with Crippen molar-refractivity contribution in [2.24, 2.45) is 5.92 Å². The van der Waals surface area contributed by atoms with Crippen molar-refractivity contribution in [3.63, 3.8) is 0 Å². The second kappa shape index (κ2) is 5.15. The molecule has 1 aromatic rings. The molecule has 84 valence electrons. The fourth-order valence-corrected chi connectivity index (χ4v) is 1.69. The fraction of sp³-hybridized carbons (Fsp3) is 0.538. The minimum absolute atomic E-state index is 0.179. The predicted octanol–water partition coefficient (Wildman–Crippen LogP) is 3.98. The van der Waals surface area contributed by atoms with Crippen molar-refractivity contribution in [2.45, 2.75) is 40.2 Å². The molecule has 1 nitrogen and oxygen atoms in total. The number of benzene rings is 1. The van der Waals surface area contributed by atoms with Gasteiger partial charge in [0.1, 0.15) is 5.82 Å². The van der Waals surface area contributed by atoms with Gasteiger partial charge in [0.05, 0.1) is 0 Å². The molecule has 1 rings (SSSR count). The Kier molecular flexibility index (Phi) is 4.13. The highest BCUT2D eigenvalue weighted by atomic mass is 19.1. The highest BCUT2D eigenvalue weighted by molar-refractivity contribution is 5.51. The summed E-state index contributed by atoms with van der Waals surface area (Å²) in [4.78, 5) is 0. The molecule has 1 atom stereocenters.